The first-order chi connectivity index (χ1) is 9.08. The molecule has 0 aliphatic carbocycles. The van der Waals surface area contributed by atoms with Gasteiger partial charge in [-0.2, -0.15) is 0 Å². The molecule has 0 aliphatic rings. The number of halogens is 2. The van der Waals surface area contributed by atoms with Crippen molar-refractivity contribution in [3.05, 3.63) is 79.8 Å². The Hall–Kier alpha value is -1.84. The minimum absolute atomic E-state index is 0.0130. The molecule has 0 aromatic heterocycles. The van der Waals surface area contributed by atoms with E-state index in [1.54, 1.807) is 48.5 Å². The van der Waals surface area contributed by atoms with Crippen LogP contribution in [-0.2, 0) is 0 Å². The van der Waals surface area contributed by atoms with E-state index in [-0.39, 0.29) is 5.70 Å². The molecule has 2 rings (SSSR count). The fraction of sp³-hybridized carbons (Fsp3) is 0. The summed E-state index contributed by atoms with van der Waals surface area (Å²) in [5, 5.41) is 11.9. The van der Waals surface area contributed by atoms with Gasteiger partial charge in [-0.05, 0) is 29.8 Å². The van der Waals surface area contributed by atoms with Gasteiger partial charge < -0.3 is 0 Å². The molecule has 0 amide bonds. The lowest BCUT2D eigenvalue weighted by Crippen LogP contribution is -1.97. The van der Waals surface area contributed by atoms with Gasteiger partial charge in [0.05, 0.1) is 20.5 Å². The molecule has 0 atom stereocenters. The third kappa shape index (κ3) is 3.34. The van der Waals surface area contributed by atoms with Gasteiger partial charge in [-0.1, -0.05) is 47.5 Å². The molecule has 0 N–H and O–H groups in total. The van der Waals surface area contributed by atoms with Crippen molar-refractivity contribution in [2.45, 2.75) is 0 Å². The third-order valence-corrected chi connectivity index (χ3v) is 3.25. The standard InChI is InChI=1S/C14H9Cl2NO2/c15-12-7-6-10(8-13(12)16)9-14(17(18)19)11-4-2-1-3-5-11/h1-9H/b14-9+. The van der Waals surface area contributed by atoms with Crippen LogP contribution in [0, 0.1) is 10.1 Å². The van der Waals surface area contributed by atoms with Crippen molar-refractivity contribution in [3.8, 4) is 0 Å². The van der Waals surface area contributed by atoms with Crippen molar-refractivity contribution in [2.24, 2.45) is 0 Å². The van der Waals surface area contributed by atoms with Crippen LogP contribution in [-0.4, -0.2) is 4.92 Å². The maximum Gasteiger partial charge on any atom is 0.277 e. The molecule has 0 spiro atoms. The zero-order valence-electron chi connectivity index (χ0n) is 9.72. The average Bonchev–Trinajstić information content (AvgIpc) is 2.40. The maximum absolute atomic E-state index is 11.1. The normalized spacial score (nSPS) is 11.4. The fourth-order valence-electron chi connectivity index (χ4n) is 1.61. The second-order valence-electron chi connectivity index (χ2n) is 3.83. The van der Waals surface area contributed by atoms with E-state index >= 15 is 0 Å². The number of hydrogen-bond donors (Lipinski definition) is 0. The van der Waals surface area contributed by atoms with E-state index in [4.69, 9.17) is 23.2 Å². The molecule has 0 heterocycles. The Kier molecular flexibility index (Phi) is 4.20. The highest BCUT2D eigenvalue weighted by Crippen LogP contribution is 2.25. The molecule has 0 fully saturated rings. The molecule has 3 nitrogen and oxygen atoms in total. The molecule has 96 valence electrons. The maximum atomic E-state index is 11.1. The average molecular weight is 294 g/mol. The summed E-state index contributed by atoms with van der Waals surface area (Å²) in [7, 11) is 0. The van der Waals surface area contributed by atoms with Gasteiger partial charge in [0.2, 0.25) is 0 Å². The number of nitro groups is 1. The first kappa shape index (κ1) is 13.6. The van der Waals surface area contributed by atoms with E-state index in [0.717, 1.165) is 0 Å². The van der Waals surface area contributed by atoms with Crippen molar-refractivity contribution < 1.29 is 4.92 Å². The lowest BCUT2D eigenvalue weighted by atomic mass is 10.1. The summed E-state index contributed by atoms with van der Waals surface area (Å²) in [6.07, 6.45) is 1.47. The van der Waals surface area contributed by atoms with Crippen LogP contribution in [0.1, 0.15) is 11.1 Å². The highest BCUT2D eigenvalue weighted by Gasteiger charge is 2.13. The molecule has 0 saturated carbocycles. The lowest BCUT2D eigenvalue weighted by molar-refractivity contribution is -0.374. The second kappa shape index (κ2) is 5.87. The van der Waals surface area contributed by atoms with Gasteiger partial charge in [-0.3, -0.25) is 10.1 Å². The summed E-state index contributed by atoms with van der Waals surface area (Å²) in [6.45, 7) is 0. The highest BCUT2D eigenvalue weighted by atomic mass is 35.5. The molecule has 2 aromatic carbocycles. The van der Waals surface area contributed by atoms with Gasteiger partial charge in [-0.25, -0.2) is 0 Å². The van der Waals surface area contributed by atoms with Crippen LogP contribution in [0.4, 0.5) is 0 Å². The monoisotopic (exact) mass is 293 g/mol. The summed E-state index contributed by atoms with van der Waals surface area (Å²) in [5.41, 5.74) is 1.18. The van der Waals surface area contributed by atoms with E-state index in [1.807, 2.05) is 0 Å². The van der Waals surface area contributed by atoms with Crippen molar-refractivity contribution >= 4 is 35.0 Å². The summed E-state index contributed by atoms with van der Waals surface area (Å²) in [6, 6.07) is 13.6. The molecule has 5 heteroatoms. The van der Waals surface area contributed by atoms with Crippen LogP contribution < -0.4 is 0 Å². The van der Waals surface area contributed by atoms with Crippen molar-refractivity contribution in [1.82, 2.24) is 0 Å². The number of hydrogen-bond acceptors (Lipinski definition) is 2. The molecular formula is C14H9Cl2NO2. The van der Waals surface area contributed by atoms with Gasteiger partial charge in [0.25, 0.3) is 5.70 Å². The van der Waals surface area contributed by atoms with Gasteiger partial charge in [0, 0.05) is 6.08 Å². The van der Waals surface area contributed by atoms with Crippen LogP contribution in [0.2, 0.25) is 10.0 Å². The Balaban J connectivity index is 2.47. The Morgan fingerprint density at radius 1 is 1.05 bits per heavy atom. The second-order valence-corrected chi connectivity index (χ2v) is 4.64. The van der Waals surface area contributed by atoms with Crippen molar-refractivity contribution in [2.75, 3.05) is 0 Å². The molecule has 0 aliphatic heterocycles. The Bertz CT molecular complexity index is 639. The number of benzene rings is 2. The van der Waals surface area contributed by atoms with Gasteiger partial charge >= 0.3 is 0 Å². The summed E-state index contributed by atoms with van der Waals surface area (Å²) in [4.78, 5) is 10.7. The lowest BCUT2D eigenvalue weighted by Gasteiger charge is -2.00. The number of nitrogens with zero attached hydrogens (tertiary/aromatic N) is 1. The van der Waals surface area contributed by atoms with Crippen molar-refractivity contribution in [3.63, 3.8) is 0 Å². The number of rotatable bonds is 3. The SMILES string of the molecule is O=[N+]([O-])/C(=C/c1ccc(Cl)c(Cl)c1)c1ccccc1. The van der Waals surface area contributed by atoms with Crippen LogP contribution in [0.5, 0.6) is 0 Å². The minimum atomic E-state index is -0.419. The summed E-state index contributed by atoms with van der Waals surface area (Å²) < 4.78 is 0. The van der Waals surface area contributed by atoms with E-state index < -0.39 is 4.92 Å². The van der Waals surface area contributed by atoms with Gasteiger partial charge in [-0.15, -0.1) is 0 Å². The van der Waals surface area contributed by atoms with Crippen LogP contribution in [0.3, 0.4) is 0 Å². The predicted molar refractivity (Wildman–Crippen MR) is 77.8 cm³/mol. The zero-order valence-corrected chi connectivity index (χ0v) is 11.2. The summed E-state index contributed by atoms with van der Waals surface area (Å²) in [5.74, 6) is 0. The van der Waals surface area contributed by atoms with Crippen LogP contribution in [0.25, 0.3) is 11.8 Å². The zero-order chi connectivity index (χ0) is 13.8. The minimum Gasteiger partial charge on any atom is -0.258 e. The Morgan fingerprint density at radius 2 is 1.74 bits per heavy atom. The molecular weight excluding hydrogens is 285 g/mol. The van der Waals surface area contributed by atoms with Crippen LogP contribution in [0.15, 0.2) is 48.5 Å². The summed E-state index contributed by atoms with van der Waals surface area (Å²) >= 11 is 11.7. The molecule has 2 aromatic rings. The fourth-order valence-corrected chi connectivity index (χ4v) is 1.92. The first-order valence-corrected chi connectivity index (χ1v) is 6.20. The Labute approximate surface area is 120 Å². The van der Waals surface area contributed by atoms with E-state index in [2.05, 4.69) is 0 Å². The van der Waals surface area contributed by atoms with Crippen molar-refractivity contribution in [1.29, 1.82) is 0 Å². The van der Waals surface area contributed by atoms with E-state index in [1.165, 1.54) is 6.08 Å². The van der Waals surface area contributed by atoms with E-state index in [9.17, 15) is 10.1 Å². The van der Waals surface area contributed by atoms with Crippen LogP contribution >= 0.6 is 23.2 Å². The first-order valence-electron chi connectivity index (χ1n) is 5.44. The van der Waals surface area contributed by atoms with E-state index in [0.29, 0.717) is 21.2 Å². The highest BCUT2D eigenvalue weighted by molar-refractivity contribution is 6.42. The van der Waals surface area contributed by atoms with Gasteiger partial charge in [0.1, 0.15) is 0 Å². The smallest absolute Gasteiger partial charge is 0.258 e. The molecule has 0 saturated heterocycles. The molecule has 0 unspecified atom stereocenters. The topological polar surface area (TPSA) is 43.1 Å². The quantitative estimate of drug-likeness (QED) is 0.465. The Morgan fingerprint density at radius 3 is 2.32 bits per heavy atom. The largest absolute Gasteiger partial charge is 0.277 e. The molecule has 0 bridgehead atoms. The molecule has 0 radical (unpaired) electrons. The molecule has 19 heavy (non-hydrogen) atoms. The van der Waals surface area contributed by atoms with Gasteiger partial charge in [0.15, 0.2) is 0 Å². The third-order valence-electron chi connectivity index (χ3n) is 2.51. The predicted octanol–water partition coefficient (Wildman–Crippen LogP) is 4.77.